The number of carboxylic acid groups (broad SMARTS) is 1. The van der Waals surface area contributed by atoms with Crippen molar-refractivity contribution in [1.82, 2.24) is 4.90 Å². The molecule has 0 spiro atoms. The zero-order valence-corrected chi connectivity index (χ0v) is 8.19. The molecule has 13 heavy (non-hydrogen) atoms. The van der Waals surface area contributed by atoms with Crippen molar-refractivity contribution in [2.45, 2.75) is 20.0 Å². The predicted octanol–water partition coefficient (Wildman–Crippen LogP) is 0.428. The quantitative estimate of drug-likeness (QED) is 0.696. The van der Waals surface area contributed by atoms with Gasteiger partial charge in [-0.25, -0.2) is 0 Å². The van der Waals surface area contributed by atoms with Gasteiger partial charge in [0.25, 0.3) is 0 Å². The molecule has 2 atom stereocenters. The molecule has 1 N–H and O–H groups in total. The van der Waals surface area contributed by atoms with Crippen LogP contribution < -0.4 is 0 Å². The highest BCUT2D eigenvalue weighted by molar-refractivity contribution is 5.69. The summed E-state index contributed by atoms with van der Waals surface area (Å²) >= 11 is 0. The molecule has 0 aromatic rings. The highest BCUT2D eigenvalue weighted by atomic mass is 16.5. The standard InChI is InChI=1S/C9H17NO3/c1-7(9(11)12)5-10-3-4-13-8(2)6-10/h7-8H,3-6H2,1-2H3,(H,11,12). The van der Waals surface area contributed by atoms with E-state index in [4.69, 9.17) is 9.84 Å². The second-order valence-corrected chi connectivity index (χ2v) is 3.68. The number of rotatable bonds is 3. The Morgan fingerprint density at radius 1 is 1.77 bits per heavy atom. The molecule has 1 heterocycles. The molecule has 0 aliphatic carbocycles. The number of morpholine rings is 1. The summed E-state index contributed by atoms with van der Waals surface area (Å²) in [6, 6.07) is 0. The highest BCUT2D eigenvalue weighted by Gasteiger charge is 2.20. The Labute approximate surface area is 78.5 Å². The smallest absolute Gasteiger partial charge is 0.307 e. The van der Waals surface area contributed by atoms with Gasteiger partial charge >= 0.3 is 5.97 Å². The second kappa shape index (κ2) is 4.58. The van der Waals surface area contributed by atoms with E-state index in [0.29, 0.717) is 13.2 Å². The first-order chi connectivity index (χ1) is 6.09. The number of aliphatic carboxylic acids is 1. The third-order valence-electron chi connectivity index (χ3n) is 2.28. The Balaban J connectivity index is 2.31. The number of carbonyl (C=O) groups is 1. The van der Waals surface area contributed by atoms with Crippen LogP contribution in [-0.2, 0) is 9.53 Å². The van der Waals surface area contributed by atoms with E-state index in [2.05, 4.69) is 4.90 Å². The van der Waals surface area contributed by atoms with Crippen molar-refractivity contribution in [2.24, 2.45) is 5.92 Å². The van der Waals surface area contributed by atoms with Crippen LogP contribution in [0.15, 0.2) is 0 Å². The van der Waals surface area contributed by atoms with E-state index in [9.17, 15) is 4.79 Å². The molecule has 4 heteroatoms. The van der Waals surface area contributed by atoms with Crippen LogP contribution in [0.5, 0.6) is 0 Å². The molecule has 0 saturated carbocycles. The van der Waals surface area contributed by atoms with Gasteiger partial charge in [0, 0.05) is 19.6 Å². The third-order valence-corrected chi connectivity index (χ3v) is 2.28. The van der Waals surface area contributed by atoms with Crippen molar-refractivity contribution < 1.29 is 14.6 Å². The molecule has 1 aliphatic heterocycles. The van der Waals surface area contributed by atoms with Gasteiger partial charge in [-0.05, 0) is 6.92 Å². The van der Waals surface area contributed by atoms with Gasteiger partial charge in [0.2, 0.25) is 0 Å². The van der Waals surface area contributed by atoms with E-state index < -0.39 is 5.97 Å². The second-order valence-electron chi connectivity index (χ2n) is 3.68. The van der Waals surface area contributed by atoms with Crippen molar-refractivity contribution >= 4 is 5.97 Å². The summed E-state index contributed by atoms with van der Waals surface area (Å²) < 4.78 is 5.36. The Bertz CT molecular complexity index is 184. The van der Waals surface area contributed by atoms with E-state index in [1.54, 1.807) is 6.92 Å². The van der Waals surface area contributed by atoms with E-state index in [1.165, 1.54) is 0 Å². The maximum Gasteiger partial charge on any atom is 0.307 e. The first-order valence-electron chi connectivity index (χ1n) is 4.66. The molecular formula is C9H17NO3. The monoisotopic (exact) mass is 187 g/mol. The van der Waals surface area contributed by atoms with Crippen LogP contribution in [0.2, 0.25) is 0 Å². The Morgan fingerprint density at radius 3 is 3.00 bits per heavy atom. The van der Waals surface area contributed by atoms with Crippen LogP contribution in [0.3, 0.4) is 0 Å². The van der Waals surface area contributed by atoms with Crippen LogP contribution in [-0.4, -0.2) is 48.3 Å². The Hall–Kier alpha value is -0.610. The summed E-state index contributed by atoms with van der Waals surface area (Å²) in [6.07, 6.45) is 0.231. The number of hydrogen-bond acceptors (Lipinski definition) is 3. The number of ether oxygens (including phenoxy) is 1. The van der Waals surface area contributed by atoms with E-state index in [-0.39, 0.29) is 12.0 Å². The molecule has 0 amide bonds. The fourth-order valence-electron chi connectivity index (χ4n) is 1.52. The first kappa shape index (κ1) is 10.5. The first-order valence-corrected chi connectivity index (χ1v) is 4.66. The summed E-state index contributed by atoms with van der Waals surface area (Å²) in [5.74, 6) is -1.01. The van der Waals surface area contributed by atoms with E-state index >= 15 is 0 Å². The van der Waals surface area contributed by atoms with Gasteiger partial charge in [0.1, 0.15) is 0 Å². The molecule has 0 aromatic carbocycles. The Morgan fingerprint density at radius 2 is 2.46 bits per heavy atom. The van der Waals surface area contributed by atoms with Gasteiger partial charge < -0.3 is 9.84 Å². The molecule has 1 rings (SSSR count). The molecule has 4 nitrogen and oxygen atoms in total. The lowest BCUT2D eigenvalue weighted by Crippen LogP contribution is -2.43. The zero-order chi connectivity index (χ0) is 9.84. The van der Waals surface area contributed by atoms with Crippen molar-refractivity contribution in [1.29, 1.82) is 0 Å². The fourth-order valence-corrected chi connectivity index (χ4v) is 1.52. The summed E-state index contributed by atoms with van der Waals surface area (Å²) in [5, 5.41) is 8.72. The lowest BCUT2D eigenvalue weighted by molar-refractivity contribution is -0.142. The maximum atomic E-state index is 10.6. The lowest BCUT2D eigenvalue weighted by Gasteiger charge is -2.31. The number of nitrogens with zero attached hydrogens (tertiary/aromatic N) is 1. The Kier molecular flexibility index (Phi) is 3.69. The average molecular weight is 187 g/mol. The largest absolute Gasteiger partial charge is 0.481 e. The van der Waals surface area contributed by atoms with Gasteiger partial charge in [-0.3, -0.25) is 9.69 Å². The fraction of sp³-hybridized carbons (Fsp3) is 0.889. The number of carboxylic acids is 1. The summed E-state index contributed by atoms with van der Waals surface area (Å²) in [5.41, 5.74) is 0. The van der Waals surface area contributed by atoms with Gasteiger partial charge in [0.15, 0.2) is 0 Å². The topological polar surface area (TPSA) is 49.8 Å². The zero-order valence-electron chi connectivity index (χ0n) is 8.19. The number of hydrogen-bond donors (Lipinski definition) is 1. The minimum atomic E-state index is -0.723. The summed E-state index contributed by atoms with van der Waals surface area (Å²) in [7, 11) is 0. The van der Waals surface area contributed by atoms with Crippen molar-refractivity contribution in [3.63, 3.8) is 0 Å². The van der Waals surface area contributed by atoms with E-state index in [1.807, 2.05) is 6.92 Å². The molecule has 0 aromatic heterocycles. The highest BCUT2D eigenvalue weighted by Crippen LogP contribution is 2.07. The van der Waals surface area contributed by atoms with Gasteiger partial charge in [-0.1, -0.05) is 6.92 Å². The van der Waals surface area contributed by atoms with Crippen molar-refractivity contribution in [3.05, 3.63) is 0 Å². The molecular weight excluding hydrogens is 170 g/mol. The molecule has 1 aliphatic rings. The summed E-state index contributed by atoms with van der Waals surface area (Å²) in [6.45, 7) is 6.79. The SMILES string of the molecule is CC1CN(CC(C)C(=O)O)CCO1. The van der Waals surface area contributed by atoms with Gasteiger partial charge in [-0.2, -0.15) is 0 Å². The van der Waals surface area contributed by atoms with Crippen LogP contribution in [0.1, 0.15) is 13.8 Å². The average Bonchev–Trinajstić information content (AvgIpc) is 2.04. The van der Waals surface area contributed by atoms with Crippen LogP contribution >= 0.6 is 0 Å². The van der Waals surface area contributed by atoms with Gasteiger partial charge in [-0.15, -0.1) is 0 Å². The molecule has 1 saturated heterocycles. The van der Waals surface area contributed by atoms with Crippen molar-refractivity contribution in [3.8, 4) is 0 Å². The normalized spacial score (nSPS) is 27.1. The maximum absolute atomic E-state index is 10.6. The molecule has 0 radical (unpaired) electrons. The molecule has 0 bridgehead atoms. The minimum absolute atomic E-state index is 0.231. The van der Waals surface area contributed by atoms with Crippen LogP contribution in [0.25, 0.3) is 0 Å². The molecule has 2 unspecified atom stereocenters. The third kappa shape index (κ3) is 3.32. The van der Waals surface area contributed by atoms with Crippen LogP contribution in [0.4, 0.5) is 0 Å². The van der Waals surface area contributed by atoms with E-state index in [0.717, 1.165) is 13.1 Å². The molecule has 1 fully saturated rings. The minimum Gasteiger partial charge on any atom is -0.481 e. The summed E-state index contributed by atoms with van der Waals surface area (Å²) in [4.78, 5) is 12.7. The van der Waals surface area contributed by atoms with Crippen LogP contribution in [0, 0.1) is 5.92 Å². The lowest BCUT2D eigenvalue weighted by atomic mass is 10.1. The molecule has 76 valence electrons. The van der Waals surface area contributed by atoms with Crippen molar-refractivity contribution in [2.75, 3.05) is 26.2 Å². The predicted molar refractivity (Wildman–Crippen MR) is 48.7 cm³/mol. The van der Waals surface area contributed by atoms with Gasteiger partial charge in [0.05, 0.1) is 18.6 Å².